The lowest BCUT2D eigenvalue weighted by Crippen LogP contribution is -2.39. The molecule has 0 bridgehead atoms. The third-order valence-electron chi connectivity index (χ3n) is 3.82. The number of nitrogens with one attached hydrogen (secondary N) is 3. The second-order valence-corrected chi connectivity index (χ2v) is 6.12. The Morgan fingerprint density at radius 3 is 2.46 bits per heavy atom. The van der Waals surface area contributed by atoms with Gasteiger partial charge in [-0.15, -0.1) is 0 Å². The topological polar surface area (TPSA) is 65.5 Å². The molecule has 0 atom stereocenters. The number of amides is 1. The highest BCUT2D eigenvalue weighted by Gasteiger charge is 2.03. The summed E-state index contributed by atoms with van der Waals surface area (Å²) in [6, 6.07) is 18.2. The second kappa shape index (κ2) is 10.9. The summed E-state index contributed by atoms with van der Waals surface area (Å²) in [5, 5.41) is 9.35. The molecule has 2 aromatic carbocycles. The van der Waals surface area contributed by atoms with Crippen molar-refractivity contribution in [2.45, 2.75) is 33.4 Å². The number of rotatable bonds is 8. The SMILES string of the molecule is CCNC(=NCc1cccc(C)c1)NCCC(=O)NCc1ccccc1. The molecule has 0 unspecified atom stereocenters. The minimum absolute atomic E-state index is 0.0240. The quantitative estimate of drug-likeness (QED) is 0.506. The summed E-state index contributed by atoms with van der Waals surface area (Å²) in [6.07, 6.45) is 0.404. The van der Waals surface area contributed by atoms with E-state index in [1.54, 1.807) is 0 Å². The highest BCUT2D eigenvalue weighted by molar-refractivity contribution is 5.81. The van der Waals surface area contributed by atoms with Crippen LogP contribution in [0.2, 0.25) is 0 Å². The van der Waals surface area contributed by atoms with Crippen molar-refractivity contribution in [1.29, 1.82) is 0 Å². The van der Waals surface area contributed by atoms with Crippen molar-refractivity contribution in [1.82, 2.24) is 16.0 Å². The van der Waals surface area contributed by atoms with Gasteiger partial charge in [0.1, 0.15) is 0 Å². The van der Waals surface area contributed by atoms with Crippen molar-refractivity contribution < 1.29 is 4.79 Å². The number of hydrogen-bond donors (Lipinski definition) is 3. The van der Waals surface area contributed by atoms with E-state index in [9.17, 15) is 4.79 Å². The largest absolute Gasteiger partial charge is 0.357 e. The molecular weight excluding hydrogens is 324 g/mol. The molecule has 3 N–H and O–H groups in total. The molecule has 0 aromatic heterocycles. The van der Waals surface area contributed by atoms with Gasteiger partial charge in [-0.2, -0.15) is 0 Å². The molecule has 0 saturated carbocycles. The molecule has 5 nitrogen and oxygen atoms in total. The van der Waals surface area contributed by atoms with Gasteiger partial charge < -0.3 is 16.0 Å². The van der Waals surface area contributed by atoms with E-state index in [0.717, 1.165) is 18.1 Å². The minimum atomic E-state index is 0.0240. The molecule has 0 spiro atoms. The zero-order valence-electron chi connectivity index (χ0n) is 15.6. The molecule has 0 heterocycles. The van der Waals surface area contributed by atoms with Crippen molar-refractivity contribution in [2.75, 3.05) is 13.1 Å². The molecule has 0 aliphatic heterocycles. The van der Waals surface area contributed by atoms with Crippen LogP contribution in [0.1, 0.15) is 30.0 Å². The molecule has 0 aliphatic rings. The second-order valence-electron chi connectivity index (χ2n) is 6.12. The fraction of sp³-hybridized carbons (Fsp3) is 0.333. The summed E-state index contributed by atoms with van der Waals surface area (Å²) >= 11 is 0. The fourth-order valence-corrected chi connectivity index (χ4v) is 2.50. The van der Waals surface area contributed by atoms with E-state index in [1.807, 2.05) is 43.3 Å². The highest BCUT2D eigenvalue weighted by atomic mass is 16.1. The summed E-state index contributed by atoms with van der Waals surface area (Å²) < 4.78 is 0. The predicted octanol–water partition coefficient (Wildman–Crippen LogP) is 2.76. The van der Waals surface area contributed by atoms with Gasteiger partial charge >= 0.3 is 0 Å². The molecule has 138 valence electrons. The summed E-state index contributed by atoms with van der Waals surface area (Å²) in [7, 11) is 0. The molecule has 0 radical (unpaired) electrons. The van der Waals surface area contributed by atoms with Crippen LogP contribution in [-0.4, -0.2) is 25.0 Å². The van der Waals surface area contributed by atoms with E-state index in [2.05, 4.69) is 46.1 Å². The molecule has 1 amide bonds. The average Bonchev–Trinajstić information content (AvgIpc) is 2.65. The van der Waals surface area contributed by atoms with Gasteiger partial charge in [0.25, 0.3) is 0 Å². The molecule has 0 fully saturated rings. The predicted molar refractivity (Wildman–Crippen MR) is 107 cm³/mol. The zero-order valence-corrected chi connectivity index (χ0v) is 15.6. The lowest BCUT2D eigenvalue weighted by molar-refractivity contribution is -0.121. The smallest absolute Gasteiger partial charge is 0.222 e. The Balaban J connectivity index is 1.75. The Bertz CT molecular complexity index is 713. The normalized spacial score (nSPS) is 11.1. The molecule has 0 aliphatic carbocycles. The molecule has 2 aromatic rings. The van der Waals surface area contributed by atoms with E-state index in [-0.39, 0.29) is 5.91 Å². The van der Waals surface area contributed by atoms with Crippen LogP contribution in [0.3, 0.4) is 0 Å². The number of aliphatic imine (C=N–C) groups is 1. The van der Waals surface area contributed by atoms with Crippen LogP contribution in [-0.2, 0) is 17.9 Å². The summed E-state index contributed by atoms with van der Waals surface area (Å²) in [4.78, 5) is 16.5. The molecular formula is C21H28N4O. The van der Waals surface area contributed by atoms with Gasteiger partial charge in [-0.1, -0.05) is 60.2 Å². The highest BCUT2D eigenvalue weighted by Crippen LogP contribution is 2.05. The van der Waals surface area contributed by atoms with E-state index in [1.165, 1.54) is 11.1 Å². The van der Waals surface area contributed by atoms with E-state index in [0.29, 0.717) is 26.1 Å². The van der Waals surface area contributed by atoms with Gasteiger partial charge in [0.15, 0.2) is 5.96 Å². The van der Waals surface area contributed by atoms with Crippen molar-refractivity contribution in [3.8, 4) is 0 Å². The minimum Gasteiger partial charge on any atom is -0.357 e. The van der Waals surface area contributed by atoms with E-state index < -0.39 is 0 Å². The number of carbonyl (C=O) groups is 1. The fourth-order valence-electron chi connectivity index (χ4n) is 2.50. The lowest BCUT2D eigenvalue weighted by Gasteiger charge is -2.11. The van der Waals surface area contributed by atoms with Crippen LogP contribution in [0.4, 0.5) is 0 Å². The Hall–Kier alpha value is -2.82. The summed E-state index contributed by atoms with van der Waals surface area (Å²) in [5.41, 5.74) is 3.50. The van der Waals surface area contributed by atoms with Gasteiger partial charge in [-0.05, 0) is 25.0 Å². The van der Waals surface area contributed by atoms with Gasteiger partial charge in [-0.3, -0.25) is 4.79 Å². The Kier molecular flexibility index (Phi) is 8.19. The molecule has 2 rings (SSSR count). The van der Waals surface area contributed by atoms with Crippen LogP contribution in [0, 0.1) is 6.92 Å². The van der Waals surface area contributed by atoms with Crippen LogP contribution in [0.25, 0.3) is 0 Å². The van der Waals surface area contributed by atoms with Crippen LogP contribution >= 0.6 is 0 Å². The van der Waals surface area contributed by atoms with E-state index in [4.69, 9.17) is 0 Å². The zero-order chi connectivity index (χ0) is 18.6. The number of carbonyl (C=O) groups excluding carboxylic acids is 1. The van der Waals surface area contributed by atoms with Crippen LogP contribution in [0.15, 0.2) is 59.6 Å². The first-order chi connectivity index (χ1) is 12.7. The number of guanidine groups is 1. The average molecular weight is 352 g/mol. The van der Waals surface area contributed by atoms with Crippen LogP contribution in [0.5, 0.6) is 0 Å². The third kappa shape index (κ3) is 7.38. The van der Waals surface area contributed by atoms with Crippen molar-refractivity contribution in [3.63, 3.8) is 0 Å². The van der Waals surface area contributed by atoms with Crippen molar-refractivity contribution in [2.24, 2.45) is 4.99 Å². The number of benzene rings is 2. The number of aryl methyl sites for hydroxylation is 1. The lowest BCUT2D eigenvalue weighted by atomic mass is 10.1. The molecule has 26 heavy (non-hydrogen) atoms. The van der Waals surface area contributed by atoms with Gasteiger partial charge in [-0.25, -0.2) is 4.99 Å². The summed E-state index contributed by atoms with van der Waals surface area (Å²) in [5.74, 6) is 0.751. The van der Waals surface area contributed by atoms with Gasteiger partial charge in [0.2, 0.25) is 5.91 Å². The first-order valence-corrected chi connectivity index (χ1v) is 9.05. The standard InChI is InChI=1S/C21H28N4O/c1-3-22-21(25-16-19-11-7-8-17(2)14-19)23-13-12-20(26)24-15-18-9-5-4-6-10-18/h4-11,14H,3,12-13,15-16H2,1-2H3,(H,24,26)(H2,22,23,25). The maximum atomic E-state index is 12.0. The van der Waals surface area contributed by atoms with Gasteiger partial charge in [0, 0.05) is 26.1 Å². The summed E-state index contributed by atoms with van der Waals surface area (Å²) in [6.45, 7) is 6.58. The Morgan fingerprint density at radius 1 is 0.962 bits per heavy atom. The molecule has 0 saturated heterocycles. The van der Waals surface area contributed by atoms with Crippen molar-refractivity contribution in [3.05, 3.63) is 71.3 Å². The first kappa shape index (κ1) is 19.5. The van der Waals surface area contributed by atoms with Crippen LogP contribution < -0.4 is 16.0 Å². The monoisotopic (exact) mass is 352 g/mol. The third-order valence-corrected chi connectivity index (χ3v) is 3.82. The number of nitrogens with zero attached hydrogens (tertiary/aromatic N) is 1. The molecule has 5 heteroatoms. The maximum Gasteiger partial charge on any atom is 0.222 e. The van der Waals surface area contributed by atoms with Crippen molar-refractivity contribution >= 4 is 11.9 Å². The number of hydrogen-bond acceptors (Lipinski definition) is 2. The van der Waals surface area contributed by atoms with Gasteiger partial charge in [0.05, 0.1) is 6.54 Å². The Labute approximate surface area is 155 Å². The Morgan fingerprint density at radius 2 is 1.73 bits per heavy atom. The maximum absolute atomic E-state index is 12.0. The first-order valence-electron chi connectivity index (χ1n) is 9.05. The van der Waals surface area contributed by atoms with E-state index >= 15 is 0 Å².